The summed E-state index contributed by atoms with van der Waals surface area (Å²) in [5.74, 6) is -4.82. The Morgan fingerprint density at radius 3 is 2.14 bits per heavy atom. The molecule has 0 spiro atoms. The van der Waals surface area contributed by atoms with Crippen molar-refractivity contribution >= 4 is 17.9 Å². The summed E-state index contributed by atoms with van der Waals surface area (Å²) in [6.45, 7) is 5.54. The molecule has 0 rings (SSSR count). The van der Waals surface area contributed by atoms with E-state index in [9.17, 15) is 14.4 Å². The number of aliphatic carboxylic acids is 2. The number of hydrogen-bond donors (Lipinski definition) is 2. The van der Waals surface area contributed by atoms with E-state index in [4.69, 9.17) is 14.9 Å². The van der Waals surface area contributed by atoms with Gasteiger partial charge in [0.15, 0.2) is 0 Å². The van der Waals surface area contributed by atoms with Crippen molar-refractivity contribution in [2.24, 2.45) is 5.92 Å². The van der Waals surface area contributed by atoms with Gasteiger partial charge < -0.3 is 14.9 Å². The lowest BCUT2D eigenvalue weighted by atomic mass is 9.97. The predicted octanol–water partition coefficient (Wildman–Crippen LogP) is 2.62. The van der Waals surface area contributed by atoms with Gasteiger partial charge in [-0.25, -0.2) is 4.79 Å². The monoisotopic (exact) mass is 300 g/mol. The Morgan fingerprint density at radius 2 is 1.62 bits per heavy atom. The fourth-order valence-corrected chi connectivity index (χ4v) is 1.83. The van der Waals surface area contributed by atoms with E-state index in [1.54, 1.807) is 0 Å². The SMILES string of the molecule is C=C(C(=O)O)C(CC(=O)O)C(=O)OCCCCCCCC. The molecule has 0 saturated heterocycles. The normalized spacial score (nSPS) is 11.7. The molecule has 0 fully saturated rings. The van der Waals surface area contributed by atoms with E-state index in [-0.39, 0.29) is 6.61 Å². The molecule has 21 heavy (non-hydrogen) atoms. The van der Waals surface area contributed by atoms with Gasteiger partial charge in [0.25, 0.3) is 0 Å². The lowest BCUT2D eigenvalue weighted by molar-refractivity contribution is -0.153. The minimum Gasteiger partial charge on any atom is -0.481 e. The fourth-order valence-electron chi connectivity index (χ4n) is 1.83. The number of unbranched alkanes of at least 4 members (excludes halogenated alkanes) is 5. The molecule has 0 aliphatic rings. The molecule has 1 atom stereocenters. The zero-order valence-electron chi connectivity index (χ0n) is 12.5. The molecule has 1 unspecified atom stereocenters. The second-order valence-electron chi connectivity index (χ2n) is 4.92. The van der Waals surface area contributed by atoms with Gasteiger partial charge in [-0.3, -0.25) is 9.59 Å². The average Bonchev–Trinajstić information content (AvgIpc) is 2.42. The Balaban J connectivity index is 4.15. The van der Waals surface area contributed by atoms with Crippen LogP contribution in [0.2, 0.25) is 0 Å². The second kappa shape index (κ2) is 10.9. The Hall–Kier alpha value is -1.85. The molecule has 0 aromatic rings. The first-order valence-electron chi connectivity index (χ1n) is 7.20. The van der Waals surface area contributed by atoms with Gasteiger partial charge in [0.1, 0.15) is 0 Å². The first-order valence-corrected chi connectivity index (χ1v) is 7.20. The van der Waals surface area contributed by atoms with Crippen LogP contribution in [0.3, 0.4) is 0 Å². The van der Waals surface area contributed by atoms with Crippen molar-refractivity contribution < 1.29 is 29.3 Å². The van der Waals surface area contributed by atoms with Crippen molar-refractivity contribution in [2.45, 2.75) is 51.9 Å². The van der Waals surface area contributed by atoms with Gasteiger partial charge in [-0.2, -0.15) is 0 Å². The summed E-state index contributed by atoms with van der Waals surface area (Å²) in [6.07, 6.45) is 5.53. The van der Waals surface area contributed by atoms with Crippen LogP contribution in [0.1, 0.15) is 51.9 Å². The first-order chi connectivity index (χ1) is 9.90. The van der Waals surface area contributed by atoms with Crippen molar-refractivity contribution in [1.82, 2.24) is 0 Å². The number of carboxylic acids is 2. The number of rotatable bonds is 12. The minimum atomic E-state index is -1.39. The number of ether oxygens (including phenoxy) is 1. The molecule has 0 bridgehead atoms. The Kier molecular flexibility index (Phi) is 9.92. The van der Waals surface area contributed by atoms with Gasteiger partial charge in [-0.1, -0.05) is 45.6 Å². The van der Waals surface area contributed by atoms with Crippen LogP contribution >= 0.6 is 0 Å². The maximum absolute atomic E-state index is 11.8. The Morgan fingerprint density at radius 1 is 1.05 bits per heavy atom. The number of hydrogen-bond acceptors (Lipinski definition) is 4. The highest BCUT2D eigenvalue weighted by molar-refractivity contribution is 5.95. The topological polar surface area (TPSA) is 101 Å². The maximum atomic E-state index is 11.8. The summed E-state index contributed by atoms with van der Waals surface area (Å²) in [4.78, 5) is 33.2. The van der Waals surface area contributed by atoms with Crippen molar-refractivity contribution in [3.05, 3.63) is 12.2 Å². The van der Waals surface area contributed by atoms with Crippen LogP contribution < -0.4 is 0 Å². The summed E-state index contributed by atoms with van der Waals surface area (Å²) < 4.78 is 4.96. The summed E-state index contributed by atoms with van der Waals surface area (Å²) in [5.41, 5.74) is -0.453. The van der Waals surface area contributed by atoms with E-state index in [0.717, 1.165) is 25.7 Å². The number of carbonyl (C=O) groups excluding carboxylic acids is 1. The van der Waals surface area contributed by atoms with Gasteiger partial charge in [-0.15, -0.1) is 0 Å². The summed E-state index contributed by atoms with van der Waals surface area (Å²) in [6, 6.07) is 0. The molecule has 6 heteroatoms. The third kappa shape index (κ3) is 8.83. The molecule has 6 nitrogen and oxygen atoms in total. The van der Waals surface area contributed by atoms with Gasteiger partial charge in [0.05, 0.1) is 18.9 Å². The van der Waals surface area contributed by atoms with Crippen molar-refractivity contribution in [1.29, 1.82) is 0 Å². The summed E-state index contributed by atoms with van der Waals surface area (Å²) in [7, 11) is 0. The zero-order valence-corrected chi connectivity index (χ0v) is 12.5. The molecule has 0 aliphatic heterocycles. The van der Waals surface area contributed by atoms with E-state index in [1.807, 2.05) is 0 Å². The molecule has 0 aliphatic carbocycles. The largest absolute Gasteiger partial charge is 0.481 e. The van der Waals surface area contributed by atoms with Crippen LogP contribution in [0.15, 0.2) is 12.2 Å². The Bertz CT molecular complexity index is 374. The van der Waals surface area contributed by atoms with E-state index in [0.29, 0.717) is 6.42 Å². The van der Waals surface area contributed by atoms with Gasteiger partial charge in [-0.05, 0) is 6.42 Å². The molecular formula is C15H24O6. The molecular weight excluding hydrogens is 276 g/mol. The number of carboxylic acid groups (broad SMARTS) is 2. The van der Waals surface area contributed by atoms with Crippen LogP contribution in [0.4, 0.5) is 0 Å². The van der Waals surface area contributed by atoms with E-state index in [1.165, 1.54) is 6.42 Å². The minimum absolute atomic E-state index is 0.175. The third-order valence-electron chi connectivity index (χ3n) is 3.10. The van der Waals surface area contributed by atoms with E-state index < -0.39 is 35.8 Å². The second-order valence-corrected chi connectivity index (χ2v) is 4.92. The maximum Gasteiger partial charge on any atom is 0.331 e. The lowest BCUT2D eigenvalue weighted by Gasteiger charge is -2.14. The summed E-state index contributed by atoms with van der Waals surface area (Å²) in [5, 5.41) is 17.5. The third-order valence-corrected chi connectivity index (χ3v) is 3.10. The lowest BCUT2D eigenvalue weighted by Crippen LogP contribution is -2.26. The molecule has 0 aromatic carbocycles. The Labute approximate surface area is 124 Å². The van der Waals surface area contributed by atoms with Crippen molar-refractivity contribution in [3.8, 4) is 0 Å². The van der Waals surface area contributed by atoms with Crippen LogP contribution in [-0.4, -0.2) is 34.7 Å². The molecule has 2 N–H and O–H groups in total. The van der Waals surface area contributed by atoms with Crippen LogP contribution in [-0.2, 0) is 19.1 Å². The fraction of sp³-hybridized carbons (Fsp3) is 0.667. The highest BCUT2D eigenvalue weighted by Crippen LogP contribution is 2.17. The van der Waals surface area contributed by atoms with E-state index >= 15 is 0 Å². The van der Waals surface area contributed by atoms with Gasteiger partial charge in [0, 0.05) is 5.57 Å². The van der Waals surface area contributed by atoms with Gasteiger partial charge in [0.2, 0.25) is 0 Å². The van der Waals surface area contributed by atoms with E-state index in [2.05, 4.69) is 13.5 Å². The zero-order chi connectivity index (χ0) is 16.3. The van der Waals surface area contributed by atoms with Crippen LogP contribution in [0.25, 0.3) is 0 Å². The smallest absolute Gasteiger partial charge is 0.331 e. The highest BCUT2D eigenvalue weighted by Gasteiger charge is 2.29. The van der Waals surface area contributed by atoms with Crippen molar-refractivity contribution in [2.75, 3.05) is 6.61 Å². The molecule has 0 radical (unpaired) electrons. The standard InChI is InChI=1S/C15H24O6/c1-3-4-5-6-7-8-9-21-15(20)12(10-13(16)17)11(2)14(18)19/h12H,2-10H2,1H3,(H,16,17)(H,18,19). The van der Waals surface area contributed by atoms with Crippen molar-refractivity contribution in [3.63, 3.8) is 0 Å². The van der Waals surface area contributed by atoms with Crippen LogP contribution in [0.5, 0.6) is 0 Å². The predicted molar refractivity (Wildman–Crippen MR) is 76.9 cm³/mol. The molecule has 0 aromatic heterocycles. The van der Waals surface area contributed by atoms with Gasteiger partial charge >= 0.3 is 17.9 Å². The average molecular weight is 300 g/mol. The molecule has 0 heterocycles. The highest BCUT2D eigenvalue weighted by atomic mass is 16.5. The van der Waals surface area contributed by atoms with Crippen LogP contribution in [0, 0.1) is 5.92 Å². The quantitative estimate of drug-likeness (QED) is 0.326. The molecule has 0 amide bonds. The summed E-state index contributed by atoms with van der Waals surface area (Å²) >= 11 is 0. The number of esters is 1. The first kappa shape index (κ1) is 19.1. The molecule has 0 saturated carbocycles. The molecule has 120 valence electrons. The number of carbonyl (C=O) groups is 3.